The topological polar surface area (TPSA) is 58.1 Å². The Morgan fingerprint density at radius 1 is 1.41 bits per heavy atom. The van der Waals surface area contributed by atoms with Crippen LogP contribution in [0, 0.1) is 6.92 Å². The lowest BCUT2D eigenvalue weighted by Crippen LogP contribution is -2.44. The number of hydrogen-bond donors (Lipinski definition) is 1. The highest BCUT2D eigenvalue weighted by Crippen LogP contribution is 2.08. The number of aryl methyl sites for hydroxylation is 1. The van der Waals surface area contributed by atoms with Crippen LogP contribution in [-0.2, 0) is 6.54 Å². The van der Waals surface area contributed by atoms with Crippen LogP contribution in [-0.4, -0.2) is 45.5 Å². The minimum Gasteiger partial charge on any atom is -0.332 e. The molecule has 2 amide bonds. The van der Waals surface area contributed by atoms with E-state index in [-0.39, 0.29) is 6.03 Å². The first kappa shape index (κ1) is 12.2. The highest BCUT2D eigenvalue weighted by atomic mass is 32.2. The van der Waals surface area contributed by atoms with Crippen LogP contribution < -0.4 is 5.32 Å². The molecule has 0 bridgehead atoms. The van der Waals surface area contributed by atoms with Gasteiger partial charge in [0.1, 0.15) is 0 Å². The van der Waals surface area contributed by atoms with Gasteiger partial charge in [0.2, 0.25) is 0 Å². The van der Waals surface area contributed by atoms with E-state index >= 15 is 0 Å². The van der Waals surface area contributed by atoms with Gasteiger partial charge in [-0.05, 0) is 6.92 Å². The van der Waals surface area contributed by atoms with E-state index in [1.54, 1.807) is 12.4 Å². The molecule has 1 N–H and O–H groups in total. The first-order valence-corrected chi connectivity index (χ1v) is 6.79. The fourth-order valence-corrected chi connectivity index (χ4v) is 2.46. The van der Waals surface area contributed by atoms with Crippen LogP contribution >= 0.6 is 11.8 Å². The van der Waals surface area contributed by atoms with Crippen LogP contribution in [0.1, 0.15) is 11.4 Å². The normalized spacial score (nSPS) is 15.7. The molecule has 1 aliphatic rings. The smallest absolute Gasteiger partial charge is 0.317 e. The second kappa shape index (κ2) is 5.86. The number of carbonyl (C=O) groups is 1. The van der Waals surface area contributed by atoms with E-state index < -0.39 is 0 Å². The van der Waals surface area contributed by atoms with E-state index in [2.05, 4.69) is 15.3 Å². The molecule has 2 rings (SSSR count). The summed E-state index contributed by atoms with van der Waals surface area (Å²) in [6.07, 6.45) is 3.40. The third-order valence-corrected chi connectivity index (χ3v) is 3.50. The molecular weight excluding hydrogens is 236 g/mol. The Balaban J connectivity index is 1.81. The van der Waals surface area contributed by atoms with Gasteiger partial charge in [-0.2, -0.15) is 11.8 Å². The van der Waals surface area contributed by atoms with Crippen LogP contribution in [0.5, 0.6) is 0 Å². The molecule has 0 aromatic carbocycles. The first-order valence-electron chi connectivity index (χ1n) is 5.64. The van der Waals surface area contributed by atoms with Crippen molar-refractivity contribution < 1.29 is 4.79 Å². The Kier molecular flexibility index (Phi) is 4.19. The first-order chi connectivity index (χ1) is 8.25. The van der Waals surface area contributed by atoms with Crippen molar-refractivity contribution in [3.8, 4) is 0 Å². The molecule has 17 heavy (non-hydrogen) atoms. The van der Waals surface area contributed by atoms with E-state index in [0.29, 0.717) is 6.54 Å². The molecule has 0 spiro atoms. The van der Waals surface area contributed by atoms with E-state index in [1.165, 1.54) is 0 Å². The summed E-state index contributed by atoms with van der Waals surface area (Å²) < 4.78 is 0. The third kappa shape index (κ3) is 3.59. The van der Waals surface area contributed by atoms with Gasteiger partial charge in [0.05, 0.1) is 24.1 Å². The van der Waals surface area contributed by atoms with Crippen LogP contribution in [0.3, 0.4) is 0 Å². The summed E-state index contributed by atoms with van der Waals surface area (Å²) in [4.78, 5) is 22.0. The molecular formula is C11H16N4OS. The van der Waals surface area contributed by atoms with E-state index in [1.807, 2.05) is 23.6 Å². The van der Waals surface area contributed by atoms with Crippen LogP contribution in [0.2, 0.25) is 0 Å². The Morgan fingerprint density at radius 3 is 2.82 bits per heavy atom. The molecule has 1 saturated heterocycles. The summed E-state index contributed by atoms with van der Waals surface area (Å²) in [7, 11) is 0. The number of hydrogen-bond acceptors (Lipinski definition) is 4. The number of nitrogens with zero attached hydrogens (tertiary/aromatic N) is 3. The monoisotopic (exact) mass is 252 g/mol. The zero-order valence-electron chi connectivity index (χ0n) is 9.85. The van der Waals surface area contributed by atoms with Gasteiger partial charge in [0.15, 0.2) is 0 Å². The molecule has 0 radical (unpaired) electrons. The van der Waals surface area contributed by atoms with Crippen LogP contribution in [0.25, 0.3) is 0 Å². The van der Waals surface area contributed by atoms with Crippen molar-refractivity contribution in [3.63, 3.8) is 0 Å². The van der Waals surface area contributed by atoms with Gasteiger partial charge >= 0.3 is 6.03 Å². The van der Waals surface area contributed by atoms with Gasteiger partial charge < -0.3 is 10.2 Å². The van der Waals surface area contributed by atoms with Crippen LogP contribution in [0.4, 0.5) is 4.79 Å². The average Bonchev–Trinajstić information content (AvgIpc) is 2.39. The second-order valence-electron chi connectivity index (χ2n) is 3.91. The molecule has 1 aromatic rings. The molecule has 0 aliphatic carbocycles. The van der Waals surface area contributed by atoms with Gasteiger partial charge in [-0.25, -0.2) is 4.79 Å². The zero-order valence-corrected chi connectivity index (χ0v) is 10.7. The lowest BCUT2D eigenvalue weighted by molar-refractivity contribution is 0.202. The van der Waals surface area contributed by atoms with E-state index in [0.717, 1.165) is 36.0 Å². The molecule has 1 aliphatic heterocycles. The number of thioether (sulfide) groups is 1. The maximum Gasteiger partial charge on any atom is 0.317 e. The SMILES string of the molecule is Cc1cnc(CNC(=O)N2CCSCC2)cn1. The Labute approximate surface area is 105 Å². The fourth-order valence-electron chi connectivity index (χ4n) is 1.56. The molecule has 5 nitrogen and oxygen atoms in total. The van der Waals surface area contributed by atoms with E-state index in [9.17, 15) is 4.79 Å². The van der Waals surface area contributed by atoms with Gasteiger partial charge in [-0.3, -0.25) is 9.97 Å². The fraction of sp³-hybridized carbons (Fsp3) is 0.545. The van der Waals surface area contributed by atoms with Gasteiger partial charge in [0, 0.05) is 30.8 Å². The number of amides is 2. The summed E-state index contributed by atoms with van der Waals surface area (Å²) in [6, 6.07) is -0.00678. The maximum atomic E-state index is 11.8. The number of carbonyl (C=O) groups excluding carboxylic acids is 1. The largest absolute Gasteiger partial charge is 0.332 e. The Morgan fingerprint density at radius 2 is 2.18 bits per heavy atom. The van der Waals surface area contributed by atoms with Gasteiger partial charge in [0.25, 0.3) is 0 Å². The van der Waals surface area contributed by atoms with E-state index in [4.69, 9.17) is 0 Å². The molecule has 1 fully saturated rings. The highest BCUT2D eigenvalue weighted by molar-refractivity contribution is 7.99. The van der Waals surface area contributed by atoms with Crippen molar-refractivity contribution in [3.05, 3.63) is 23.8 Å². The third-order valence-electron chi connectivity index (χ3n) is 2.55. The van der Waals surface area contributed by atoms with Crippen molar-refractivity contribution >= 4 is 17.8 Å². The van der Waals surface area contributed by atoms with Crippen LogP contribution in [0.15, 0.2) is 12.4 Å². The number of aromatic nitrogens is 2. The molecule has 1 aromatic heterocycles. The average molecular weight is 252 g/mol. The predicted molar refractivity (Wildman–Crippen MR) is 67.9 cm³/mol. The van der Waals surface area contributed by atoms with Crippen molar-refractivity contribution in [1.82, 2.24) is 20.2 Å². The maximum absolute atomic E-state index is 11.8. The summed E-state index contributed by atoms with van der Waals surface area (Å²) in [5.41, 5.74) is 1.67. The number of rotatable bonds is 2. The highest BCUT2D eigenvalue weighted by Gasteiger charge is 2.15. The quantitative estimate of drug-likeness (QED) is 0.854. The van der Waals surface area contributed by atoms with Crippen molar-refractivity contribution in [1.29, 1.82) is 0 Å². The summed E-state index contributed by atoms with van der Waals surface area (Å²) in [6.45, 7) is 3.99. The summed E-state index contributed by atoms with van der Waals surface area (Å²) >= 11 is 1.89. The molecule has 2 heterocycles. The standard InChI is InChI=1S/C11H16N4OS/c1-9-6-13-10(7-12-9)8-14-11(16)15-2-4-17-5-3-15/h6-7H,2-5,8H2,1H3,(H,14,16). The molecule has 6 heteroatoms. The van der Waals surface area contributed by atoms with Crippen molar-refractivity contribution in [2.45, 2.75) is 13.5 Å². The Bertz CT molecular complexity index is 376. The van der Waals surface area contributed by atoms with Crippen molar-refractivity contribution in [2.24, 2.45) is 0 Å². The Hall–Kier alpha value is -1.30. The molecule has 0 atom stereocenters. The molecule has 0 unspecified atom stereocenters. The predicted octanol–water partition coefficient (Wildman–Crippen LogP) is 1.04. The summed E-state index contributed by atoms with van der Waals surface area (Å²) in [5, 5.41) is 2.86. The van der Waals surface area contributed by atoms with Gasteiger partial charge in [-0.1, -0.05) is 0 Å². The zero-order chi connectivity index (χ0) is 12.1. The minimum absolute atomic E-state index is 0.00678. The van der Waals surface area contributed by atoms with Crippen molar-refractivity contribution in [2.75, 3.05) is 24.6 Å². The lowest BCUT2D eigenvalue weighted by atomic mass is 10.4. The number of nitrogens with one attached hydrogen (secondary N) is 1. The lowest BCUT2D eigenvalue weighted by Gasteiger charge is -2.26. The minimum atomic E-state index is -0.00678. The molecule has 92 valence electrons. The molecule has 0 saturated carbocycles. The van der Waals surface area contributed by atoms with Gasteiger partial charge in [-0.15, -0.1) is 0 Å². The second-order valence-corrected chi connectivity index (χ2v) is 5.13. The summed E-state index contributed by atoms with van der Waals surface area (Å²) in [5.74, 6) is 2.05. The number of urea groups is 1.